The standard InChI is InChI=1S/C18H22N4OS.C2HF3O2/c1-14-3-4-16(24-14)11-21-7-2-5-18(12-21)6-8-22(17(18)23)15-9-19-13-20-10-15;3-2(4,5)1(6)7/h3-4,9-10,13H,2,5-8,11-12H2,1H3;(H,6,7). The first-order chi connectivity index (χ1) is 14.6. The number of likely N-dealkylation sites (tertiary alicyclic amines) is 1. The van der Waals surface area contributed by atoms with Crippen molar-refractivity contribution in [2.75, 3.05) is 24.5 Å². The number of hydrogen-bond acceptors (Lipinski definition) is 6. The van der Waals surface area contributed by atoms with Gasteiger partial charge in [0.2, 0.25) is 5.91 Å². The maximum Gasteiger partial charge on any atom is 0.490 e. The average molecular weight is 456 g/mol. The van der Waals surface area contributed by atoms with E-state index < -0.39 is 12.1 Å². The molecule has 1 N–H and O–H groups in total. The summed E-state index contributed by atoms with van der Waals surface area (Å²) in [4.78, 5) is 37.2. The molecule has 0 aliphatic carbocycles. The molecular formula is C20H23F3N4O3S. The summed E-state index contributed by atoms with van der Waals surface area (Å²) < 4.78 is 31.7. The monoisotopic (exact) mass is 456 g/mol. The first-order valence-electron chi connectivity index (χ1n) is 9.75. The van der Waals surface area contributed by atoms with Crippen LogP contribution in [0.15, 0.2) is 30.9 Å². The fourth-order valence-electron chi connectivity index (χ4n) is 4.03. The summed E-state index contributed by atoms with van der Waals surface area (Å²) in [6.45, 7) is 5.83. The smallest absolute Gasteiger partial charge is 0.475 e. The highest BCUT2D eigenvalue weighted by atomic mass is 32.1. The van der Waals surface area contributed by atoms with Crippen LogP contribution < -0.4 is 4.90 Å². The van der Waals surface area contributed by atoms with Crippen LogP contribution in [0.3, 0.4) is 0 Å². The molecule has 1 unspecified atom stereocenters. The lowest BCUT2D eigenvalue weighted by atomic mass is 9.78. The maximum atomic E-state index is 13.1. The van der Waals surface area contributed by atoms with Crippen molar-refractivity contribution < 1.29 is 27.9 Å². The van der Waals surface area contributed by atoms with Crippen molar-refractivity contribution in [3.05, 3.63) is 40.6 Å². The van der Waals surface area contributed by atoms with Crippen molar-refractivity contribution in [2.45, 2.75) is 38.9 Å². The molecule has 2 fully saturated rings. The molecule has 31 heavy (non-hydrogen) atoms. The number of carbonyl (C=O) groups excluding carboxylic acids is 1. The number of alkyl halides is 3. The number of anilines is 1. The van der Waals surface area contributed by atoms with Crippen LogP contribution in [0.5, 0.6) is 0 Å². The molecule has 0 bridgehead atoms. The first kappa shape index (κ1) is 23.1. The van der Waals surface area contributed by atoms with Gasteiger partial charge < -0.3 is 10.0 Å². The van der Waals surface area contributed by atoms with E-state index in [-0.39, 0.29) is 11.3 Å². The van der Waals surface area contributed by atoms with Gasteiger partial charge in [0, 0.05) is 29.4 Å². The van der Waals surface area contributed by atoms with Crippen molar-refractivity contribution in [3.8, 4) is 0 Å². The Kier molecular flexibility index (Phi) is 6.95. The average Bonchev–Trinajstić information content (AvgIpc) is 3.26. The molecule has 0 aromatic carbocycles. The summed E-state index contributed by atoms with van der Waals surface area (Å²) in [5.41, 5.74) is 0.603. The van der Waals surface area contributed by atoms with Crippen LogP contribution in [0, 0.1) is 12.3 Å². The second-order valence-electron chi connectivity index (χ2n) is 7.71. The van der Waals surface area contributed by atoms with Gasteiger partial charge >= 0.3 is 12.1 Å². The molecule has 2 aromatic heterocycles. The van der Waals surface area contributed by atoms with Gasteiger partial charge in [0.25, 0.3) is 0 Å². The Balaban J connectivity index is 0.000000339. The van der Waals surface area contributed by atoms with E-state index in [1.165, 1.54) is 16.1 Å². The number of piperidine rings is 1. The predicted molar refractivity (Wildman–Crippen MR) is 109 cm³/mol. The largest absolute Gasteiger partial charge is 0.490 e. The van der Waals surface area contributed by atoms with E-state index in [4.69, 9.17) is 9.90 Å². The van der Waals surface area contributed by atoms with Crippen LogP contribution in [-0.4, -0.2) is 57.7 Å². The minimum atomic E-state index is -5.08. The van der Waals surface area contributed by atoms with Crippen molar-refractivity contribution in [1.82, 2.24) is 14.9 Å². The molecule has 2 aliphatic rings. The highest BCUT2D eigenvalue weighted by Gasteiger charge is 2.49. The van der Waals surface area contributed by atoms with Crippen LogP contribution in [0.4, 0.5) is 18.9 Å². The van der Waals surface area contributed by atoms with Crippen LogP contribution >= 0.6 is 11.3 Å². The fraction of sp³-hybridized carbons (Fsp3) is 0.500. The Morgan fingerprint density at radius 3 is 2.48 bits per heavy atom. The summed E-state index contributed by atoms with van der Waals surface area (Å²) in [6.07, 6.45) is 2.91. The Bertz CT molecular complexity index is 922. The van der Waals surface area contributed by atoms with Gasteiger partial charge in [-0.15, -0.1) is 11.3 Å². The number of carbonyl (C=O) groups is 2. The van der Waals surface area contributed by atoms with Gasteiger partial charge in [-0.25, -0.2) is 14.8 Å². The molecule has 4 heterocycles. The minimum Gasteiger partial charge on any atom is -0.475 e. The quantitative estimate of drug-likeness (QED) is 0.761. The van der Waals surface area contributed by atoms with E-state index in [1.807, 2.05) is 16.2 Å². The number of nitrogens with zero attached hydrogens (tertiary/aromatic N) is 4. The second-order valence-corrected chi connectivity index (χ2v) is 9.09. The van der Waals surface area contributed by atoms with E-state index in [2.05, 4.69) is 33.9 Å². The maximum absolute atomic E-state index is 13.1. The van der Waals surface area contributed by atoms with Crippen molar-refractivity contribution in [2.24, 2.45) is 5.41 Å². The zero-order chi connectivity index (χ0) is 22.6. The second kappa shape index (κ2) is 9.31. The number of carboxylic acids is 1. The Morgan fingerprint density at radius 2 is 1.90 bits per heavy atom. The molecule has 4 rings (SSSR count). The molecule has 1 amide bonds. The number of aromatic nitrogens is 2. The molecular weight excluding hydrogens is 433 g/mol. The summed E-state index contributed by atoms with van der Waals surface area (Å²) in [6, 6.07) is 4.39. The summed E-state index contributed by atoms with van der Waals surface area (Å²) in [7, 11) is 0. The minimum absolute atomic E-state index is 0.222. The third-order valence-electron chi connectivity index (χ3n) is 5.45. The molecule has 0 saturated carbocycles. The molecule has 2 aliphatic heterocycles. The van der Waals surface area contributed by atoms with Crippen LogP contribution in [-0.2, 0) is 16.1 Å². The van der Waals surface area contributed by atoms with Crippen LogP contribution in [0.25, 0.3) is 0 Å². The number of aliphatic carboxylic acids is 1. The summed E-state index contributed by atoms with van der Waals surface area (Å²) in [5, 5.41) is 7.12. The Labute approximate surface area is 181 Å². The van der Waals surface area contributed by atoms with Gasteiger partial charge in [-0.3, -0.25) is 9.69 Å². The van der Waals surface area contributed by atoms with Gasteiger partial charge in [0.1, 0.15) is 6.33 Å². The highest BCUT2D eigenvalue weighted by molar-refractivity contribution is 7.11. The molecule has 168 valence electrons. The third kappa shape index (κ3) is 5.59. The Morgan fingerprint density at radius 1 is 1.23 bits per heavy atom. The zero-order valence-electron chi connectivity index (χ0n) is 16.9. The molecule has 2 aromatic rings. The van der Waals surface area contributed by atoms with E-state index in [1.54, 1.807) is 12.4 Å². The third-order valence-corrected chi connectivity index (χ3v) is 6.43. The highest BCUT2D eigenvalue weighted by Crippen LogP contribution is 2.42. The van der Waals surface area contributed by atoms with E-state index >= 15 is 0 Å². The van der Waals surface area contributed by atoms with E-state index in [0.717, 1.165) is 51.1 Å². The number of hydrogen-bond donors (Lipinski definition) is 1. The lowest BCUT2D eigenvalue weighted by Gasteiger charge is -2.38. The number of aryl methyl sites for hydroxylation is 1. The summed E-state index contributed by atoms with van der Waals surface area (Å²) >= 11 is 1.86. The zero-order valence-corrected chi connectivity index (χ0v) is 17.7. The molecule has 0 radical (unpaired) electrons. The Hall–Kier alpha value is -2.53. The normalized spacial score (nSPS) is 21.8. The van der Waals surface area contributed by atoms with Gasteiger partial charge in [0.15, 0.2) is 0 Å². The molecule has 2 saturated heterocycles. The van der Waals surface area contributed by atoms with E-state index in [0.29, 0.717) is 0 Å². The predicted octanol–water partition coefficient (Wildman–Crippen LogP) is 3.50. The van der Waals surface area contributed by atoms with Crippen molar-refractivity contribution >= 4 is 28.9 Å². The van der Waals surface area contributed by atoms with Crippen molar-refractivity contribution in [3.63, 3.8) is 0 Å². The van der Waals surface area contributed by atoms with Crippen LogP contribution in [0.1, 0.15) is 29.0 Å². The van der Waals surface area contributed by atoms with Gasteiger partial charge in [-0.2, -0.15) is 13.2 Å². The lowest BCUT2D eigenvalue weighted by Crippen LogP contribution is -2.47. The molecule has 1 spiro atoms. The summed E-state index contributed by atoms with van der Waals surface area (Å²) in [5.74, 6) is -2.50. The first-order valence-corrected chi connectivity index (χ1v) is 10.6. The van der Waals surface area contributed by atoms with Gasteiger partial charge in [-0.05, 0) is 44.9 Å². The SMILES string of the molecule is Cc1ccc(CN2CCCC3(CCN(c4cncnc4)C3=O)C2)s1.O=C(O)C(F)(F)F. The number of halogens is 3. The number of rotatable bonds is 3. The van der Waals surface area contributed by atoms with Gasteiger partial charge in [-0.1, -0.05) is 0 Å². The number of thiophene rings is 1. The fourth-order valence-corrected chi connectivity index (χ4v) is 4.96. The molecule has 7 nitrogen and oxygen atoms in total. The number of amides is 1. The van der Waals surface area contributed by atoms with Crippen LogP contribution in [0.2, 0.25) is 0 Å². The topological polar surface area (TPSA) is 86.6 Å². The molecule has 11 heteroatoms. The van der Waals surface area contributed by atoms with Crippen molar-refractivity contribution in [1.29, 1.82) is 0 Å². The molecule has 1 atom stereocenters. The van der Waals surface area contributed by atoms with Gasteiger partial charge in [0.05, 0.1) is 23.5 Å². The van der Waals surface area contributed by atoms with E-state index in [9.17, 15) is 18.0 Å². The lowest BCUT2D eigenvalue weighted by molar-refractivity contribution is -0.192. The number of carboxylic acid groups (broad SMARTS) is 1.